The van der Waals surface area contributed by atoms with Gasteiger partial charge in [-0.1, -0.05) is 0 Å². The third kappa shape index (κ3) is 3.89. The highest BCUT2D eigenvalue weighted by Gasteiger charge is 2.26. The first-order chi connectivity index (χ1) is 11.7. The van der Waals surface area contributed by atoms with Crippen molar-refractivity contribution in [2.45, 2.75) is 20.8 Å². The van der Waals surface area contributed by atoms with E-state index in [9.17, 15) is 19.2 Å². The molecule has 25 heavy (non-hydrogen) atoms. The largest absolute Gasteiger partial charge is 0.444 e. The number of anilines is 2. The number of pyridine rings is 1. The van der Waals surface area contributed by atoms with Crippen LogP contribution in [-0.4, -0.2) is 28.5 Å². The second kappa shape index (κ2) is 6.95. The molecule has 130 valence electrons. The van der Waals surface area contributed by atoms with Crippen LogP contribution in [0.3, 0.4) is 0 Å². The van der Waals surface area contributed by atoms with Crippen molar-refractivity contribution < 1.29 is 23.6 Å². The zero-order valence-electron chi connectivity index (χ0n) is 13.8. The predicted octanol–water partition coefficient (Wildman–Crippen LogP) is 1.50. The van der Waals surface area contributed by atoms with Crippen LogP contribution >= 0.6 is 0 Å². The first-order valence-electron chi connectivity index (χ1n) is 7.19. The number of nitrogens with one attached hydrogen (secondary N) is 2. The molecule has 0 aliphatic carbocycles. The van der Waals surface area contributed by atoms with Crippen molar-refractivity contribution in [3.63, 3.8) is 0 Å². The minimum Gasteiger partial charge on any atom is -0.444 e. The summed E-state index contributed by atoms with van der Waals surface area (Å²) >= 11 is 0. The third-order valence-electron chi connectivity index (χ3n) is 3.24. The molecule has 0 saturated carbocycles. The molecule has 0 atom stereocenters. The van der Waals surface area contributed by atoms with Crippen molar-refractivity contribution >= 4 is 35.2 Å². The Balaban J connectivity index is 2.35. The Morgan fingerprint density at radius 3 is 2.36 bits per heavy atom. The predicted molar refractivity (Wildman–Crippen MR) is 88.5 cm³/mol. The summed E-state index contributed by atoms with van der Waals surface area (Å²) in [4.78, 5) is 50.7. The highest BCUT2D eigenvalue weighted by atomic mass is 16.4. The molecule has 4 N–H and O–H groups in total. The molecule has 0 fully saturated rings. The van der Waals surface area contributed by atoms with E-state index in [1.807, 2.05) is 0 Å². The monoisotopic (exact) mass is 344 g/mol. The maximum Gasteiger partial charge on any atom is 0.258 e. The molecule has 2 heterocycles. The summed E-state index contributed by atoms with van der Waals surface area (Å²) in [6.45, 7) is 4.06. The number of amides is 3. The van der Waals surface area contributed by atoms with E-state index < -0.39 is 17.6 Å². The van der Waals surface area contributed by atoms with E-state index >= 15 is 0 Å². The van der Waals surface area contributed by atoms with Gasteiger partial charge in [0, 0.05) is 18.7 Å². The Morgan fingerprint density at radius 1 is 1.12 bits per heavy atom. The Bertz CT molecular complexity index is 885. The van der Waals surface area contributed by atoms with Crippen LogP contribution in [-0.2, 0) is 4.79 Å². The SMILES string of the molecule is CC(=O)Nc1cc(C(=O)Nc2oc(C)c(C(C)=O)c2C(N)=O)ccn1. The highest BCUT2D eigenvalue weighted by Crippen LogP contribution is 2.27. The van der Waals surface area contributed by atoms with Crippen molar-refractivity contribution in [2.75, 3.05) is 10.6 Å². The van der Waals surface area contributed by atoms with Gasteiger partial charge in [-0.15, -0.1) is 0 Å². The van der Waals surface area contributed by atoms with Crippen LogP contribution in [0, 0.1) is 6.92 Å². The van der Waals surface area contributed by atoms with E-state index in [2.05, 4.69) is 15.6 Å². The van der Waals surface area contributed by atoms with Crippen LogP contribution in [0.5, 0.6) is 0 Å². The van der Waals surface area contributed by atoms with Crippen LogP contribution < -0.4 is 16.4 Å². The second-order valence-corrected chi connectivity index (χ2v) is 5.22. The first kappa shape index (κ1) is 17.9. The molecular weight excluding hydrogens is 328 g/mol. The number of carbonyl (C=O) groups excluding carboxylic acids is 4. The van der Waals surface area contributed by atoms with Gasteiger partial charge in [0.2, 0.25) is 11.8 Å². The lowest BCUT2D eigenvalue weighted by molar-refractivity contribution is -0.114. The number of aryl methyl sites for hydroxylation is 1. The molecule has 0 aliphatic heterocycles. The van der Waals surface area contributed by atoms with E-state index in [-0.39, 0.29) is 40.1 Å². The van der Waals surface area contributed by atoms with E-state index in [0.717, 1.165) is 0 Å². The normalized spacial score (nSPS) is 10.2. The number of carbonyl (C=O) groups is 4. The fraction of sp³-hybridized carbons (Fsp3) is 0.188. The van der Waals surface area contributed by atoms with Crippen LogP contribution in [0.15, 0.2) is 22.7 Å². The molecular formula is C16H16N4O5. The summed E-state index contributed by atoms with van der Waals surface area (Å²) in [5, 5.41) is 4.86. The lowest BCUT2D eigenvalue weighted by atomic mass is 10.1. The molecule has 0 aromatic carbocycles. The molecule has 0 radical (unpaired) electrons. The van der Waals surface area contributed by atoms with Gasteiger partial charge in [0.15, 0.2) is 5.78 Å². The number of hydrogen-bond donors (Lipinski definition) is 3. The number of Topliss-reactive ketones (excluding diaryl/α,β-unsaturated/α-hetero) is 1. The Hall–Kier alpha value is -3.49. The lowest BCUT2D eigenvalue weighted by Gasteiger charge is -2.06. The summed E-state index contributed by atoms with van der Waals surface area (Å²) in [5.74, 6) is -2.12. The molecule has 0 spiro atoms. The number of ketones is 1. The number of furan rings is 1. The highest BCUT2D eigenvalue weighted by molar-refractivity contribution is 6.13. The summed E-state index contributed by atoms with van der Waals surface area (Å²) < 4.78 is 5.32. The van der Waals surface area contributed by atoms with E-state index in [1.165, 1.54) is 39.1 Å². The van der Waals surface area contributed by atoms with Crippen LogP contribution in [0.25, 0.3) is 0 Å². The second-order valence-electron chi connectivity index (χ2n) is 5.22. The van der Waals surface area contributed by atoms with Gasteiger partial charge in [0.1, 0.15) is 17.1 Å². The van der Waals surface area contributed by atoms with E-state index in [4.69, 9.17) is 10.2 Å². The average Bonchev–Trinajstić information content (AvgIpc) is 2.83. The van der Waals surface area contributed by atoms with Crippen molar-refractivity contribution in [1.29, 1.82) is 0 Å². The number of nitrogens with two attached hydrogens (primary N) is 1. The Morgan fingerprint density at radius 2 is 1.80 bits per heavy atom. The lowest BCUT2D eigenvalue weighted by Crippen LogP contribution is -2.19. The molecule has 9 nitrogen and oxygen atoms in total. The van der Waals surface area contributed by atoms with E-state index in [1.54, 1.807) is 0 Å². The van der Waals surface area contributed by atoms with Gasteiger partial charge < -0.3 is 15.5 Å². The van der Waals surface area contributed by atoms with Gasteiger partial charge in [-0.3, -0.25) is 24.5 Å². The van der Waals surface area contributed by atoms with Gasteiger partial charge in [0.05, 0.1) is 5.56 Å². The van der Waals surface area contributed by atoms with Crippen molar-refractivity contribution in [3.05, 3.63) is 40.8 Å². The summed E-state index contributed by atoms with van der Waals surface area (Å²) in [6, 6.07) is 2.76. The smallest absolute Gasteiger partial charge is 0.258 e. The van der Waals surface area contributed by atoms with Gasteiger partial charge in [-0.25, -0.2) is 4.98 Å². The molecule has 9 heteroatoms. The molecule has 2 rings (SSSR count). The summed E-state index contributed by atoms with van der Waals surface area (Å²) in [5.41, 5.74) is 5.30. The van der Waals surface area contributed by atoms with Gasteiger partial charge in [0.25, 0.3) is 11.8 Å². The molecule has 0 unspecified atom stereocenters. The summed E-state index contributed by atoms with van der Waals surface area (Å²) in [6.07, 6.45) is 1.34. The summed E-state index contributed by atoms with van der Waals surface area (Å²) in [7, 11) is 0. The Labute approximate surface area is 142 Å². The number of nitrogens with zero attached hydrogens (tertiary/aromatic N) is 1. The topological polar surface area (TPSA) is 144 Å². The van der Waals surface area contributed by atoms with Crippen molar-refractivity contribution in [3.8, 4) is 0 Å². The number of aromatic nitrogens is 1. The van der Waals surface area contributed by atoms with Crippen LogP contribution in [0.4, 0.5) is 11.7 Å². The first-order valence-corrected chi connectivity index (χ1v) is 7.19. The molecule has 0 saturated heterocycles. The van der Waals surface area contributed by atoms with Gasteiger partial charge in [-0.05, 0) is 26.0 Å². The number of primary amides is 1. The quantitative estimate of drug-likeness (QED) is 0.701. The minimum absolute atomic E-state index is 0.0245. The maximum absolute atomic E-state index is 12.4. The molecule has 0 aliphatic rings. The maximum atomic E-state index is 12.4. The number of hydrogen-bond acceptors (Lipinski definition) is 6. The van der Waals surface area contributed by atoms with Gasteiger partial charge in [-0.2, -0.15) is 0 Å². The molecule has 2 aromatic heterocycles. The van der Waals surface area contributed by atoms with E-state index in [0.29, 0.717) is 0 Å². The third-order valence-corrected chi connectivity index (χ3v) is 3.24. The van der Waals surface area contributed by atoms with Crippen LogP contribution in [0.1, 0.15) is 50.7 Å². The zero-order valence-corrected chi connectivity index (χ0v) is 13.8. The van der Waals surface area contributed by atoms with Gasteiger partial charge >= 0.3 is 0 Å². The fourth-order valence-electron chi connectivity index (χ4n) is 2.29. The van der Waals surface area contributed by atoms with Crippen LogP contribution in [0.2, 0.25) is 0 Å². The van der Waals surface area contributed by atoms with Crippen molar-refractivity contribution in [2.24, 2.45) is 5.73 Å². The number of rotatable bonds is 5. The molecule has 2 aromatic rings. The molecule has 3 amide bonds. The molecule has 0 bridgehead atoms. The fourth-order valence-corrected chi connectivity index (χ4v) is 2.29. The van der Waals surface area contributed by atoms with Crippen molar-refractivity contribution in [1.82, 2.24) is 4.98 Å². The average molecular weight is 344 g/mol. The minimum atomic E-state index is -0.897. The standard InChI is InChI=1S/C16H16N4O5/c1-7(21)12-8(2)25-16(13(12)14(17)23)20-15(24)10-4-5-18-11(6-10)19-9(3)22/h4-6H,1-3H3,(H2,17,23)(H,20,24)(H,18,19,22). The zero-order chi connectivity index (χ0) is 18.7. The Kier molecular flexibility index (Phi) is 4.97.